The number of benzene rings is 1. The number of halogens is 2. The Morgan fingerprint density at radius 2 is 2.04 bits per heavy atom. The Morgan fingerprint density at radius 1 is 1.39 bits per heavy atom. The van der Waals surface area contributed by atoms with E-state index in [1.54, 1.807) is 18.2 Å². The summed E-state index contributed by atoms with van der Waals surface area (Å²) in [5.74, 6) is 0.176. The second kappa shape index (κ2) is 8.95. The molecule has 1 heterocycles. The second-order valence-electron chi connectivity index (χ2n) is 4.73. The number of nitrogens with zero attached hydrogens (tertiary/aromatic N) is 2. The van der Waals surface area contributed by atoms with Crippen LogP contribution < -0.4 is 0 Å². The van der Waals surface area contributed by atoms with Crippen LogP contribution >= 0.6 is 11.6 Å². The van der Waals surface area contributed by atoms with Crippen LogP contribution in [-0.2, 0) is 9.53 Å². The zero-order valence-electron chi connectivity index (χ0n) is 13.3. The van der Waals surface area contributed by atoms with Gasteiger partial charge in [0.15, 0.2) is 5.76 Å². The minimum atomic E-state index is -0.410. The molecule has 0 aliphatic rings. The molecular weight excluding hydrogens is 323 g/mol. The zero-order valence-corrected chi connectivity index (χ0v) is 14.1. The fraction of sp³-hybridized carbons (Fsp3) is 0.250. The number of carbonyl (C=O) groups excluding carboxylic acids is 1. The van der Waals surface area contributed by atoms with Gasteiger partial charge in [0.05, 0.1) is 17.7 Å². The van der Waals surface area contributed by atoms with E-state index in [4.69, 9.17) is 20.9 Å². The molecule has 0 atom stereocenters. The molecule has 1 aromatic heterocycles. The number of rotatable bonds is 4. The molecule has 124 valence electrons. The van der Waals surface area contributed by atoms with Gasteiger partial charge in [-0.25, -0.2) is 4.39 Å². The summed E-state index contributed by atoms with van der Waals surface area (Å²) in [6, 6.07) is 4.54. The van der Waals surface area contributed by atoms with E-state index in [1.165, 1.54) is 13.2 Å². The Bertz CT molecular complexity index is 664. The number of hydrogen-bond acceptors (Lipinski definition) is 5. The topological polar surface area (TPSA) is 55.6 Å². The van der Waals surface area contributed by atoms with Crippen LogP contribution in [0.15, 0.2) is 28.9 Å². The average molecular weight is 341 g/mol. The van der Waals surface area contributed by atoms with Gasteiger partial charge in [-0.05, 0) is 25.1 Å². The van der Waals surface area contributed by atoms with Gasteiger partial charge in [0.2, 0.25) is 0 Å². The van der Waals surface area contributed by atoms with Crippen molar-refractivity contribution in [3.05, 3.63) is 46.6 Å². The lowest BCUT2D eigenvalue weighted by Gasteiger charge is -2.03. The summed E-state index contributed by atoms with van der Waals surface area (Å²) in [4.78, 5) is 10.8. The van der Waals surface area contributed by atoms with Crippen molar-refractivity contribution in [2.75, 3.05) is 21.2 Å². The predicted molar refractivity (Wildman–Crippen MR) is 87.4 cm³/mol. The number of methoxy groups -OCH3 is 1. The van der Waals surface area contributed by atoms with Gasteiger partial charge in [0, 0.05) is 25.9 Å². The molecular formula is C16H18ClFN2O3. The summed E-state index contributed by atoms with van der Waals surface area (Å²) in [6.45, 7) is 2.20. The SMILES string of the molecule is COC=O.Cc1c(-c2c(F)cccc2Cl)noc1/C=C/N(C)C. The molecule has 0 unspecified atom stereocenters. The average Bonchev–Trinajstić information content (AvgIpc) is 2.86. The standard InChI is InChI=1S/C14H14ClFN2O.C2H4O2/c1-9-12(7-8-18(2)3)19-17-14(9)13-10(15)5-4-6-11(13)16;1-4-2-3/h4-8H,1-3H3;2H,1H3/b8-7+;. The first-order chi connectivity index (χ1) is 10.9. The first-order valence-electron chi connectivity index (χ1n) is 6.64. The number of carbonyl (C=O) groups is 1. The molecule has 1 aromatic carbocycles. The number of aromatic nitrogens is 1. The third kappa shape index (κ3) is 5.10. The van der Waals surface area contributed by atoms with Crippen molar-refractivity contribution >= 4 is 24.1 Å². The summed E-state index contributed by atoms with van der Waals surface area (Å²) >= 11 is 6.02. The van der Waals surface area contributed by atoms with Crippen LogP contribution in [0.3, 0.4) is 0 Å². The maximum absolute atomic E-state index is 13.8. The maximum Gasteiger partial charge on any atom is 0.292 e. The van der Waals surface area contributed by atoms with Crippen molar-refractivity contribution in [1.82, 2.24) is 10.1 Å². The molecule has 7 heteroatoms. The van der Waals surface area contributed by atoms with E-state index in [-0.39, 0.29) is 5.56 Å². The molecule has 0 aliphatic heterocycles. The van der Waals surface area contributed by atoms with Crippen molar-refractivity contribution in [1.29, 1.82) is 0 Å². The molecule has 2 aromatic rings. The van der Waals surface area contributed by atoms with Crippen LogP contribution in [-0.4, -0.2) is 37.7 Å². The largest absolute Gasteiger partial charge is 0.471 e. The summed E-state index contributed by atoms with van der Waals surface area (Å²) < 4.78 is 22.9. The molecule has 0 bridgehead atoms. The van der Waals surface area contributed by atoms with E-state index < -0.39 is 5.82 Å². The predicted octanol–water partition coefficient (Wildman–Crippen LogP) is 3.76. The Morgan fingerprint density at radius 3 is 2.57 bits per heavy atom. The van der Waals surface area contributed by atoms with Gasteiger partial charge in [0.25, 0.3) is 6.47 Å². The summed E-state index contributed by atoms with van der Waals surface area (Å²) in [5.41, 5.74) is 1.46. The highest BCUT2D eigenvalue weighted by molar-refractivity contribution is 6.33. The molecule has 5 nitrogen and oxygen atoms in total. The van der Waals surface area contributed by atoms with E-state index >= 15 is 0 Å². The lowest BCUT2D eigenvalue weighted by atomic mass is 10.1. The van der Waals surface area contributed by atoms with Crippen LogP contribution in [0.4, 0.5) is 4.39 Å². The van der Waals surface area contributed by atoms with Gasteiger partial charge in [-0.3, -0.25) is 4.79 Å². The lowest BCUT2D eigenvalue weighted by Crippen LogP contribution is -1.99. The lowest BCUT2D eigenvalue weighted by molar-refractivity contribution is -0.126. The van der Waals surface area contributed by atoms with Crippen molar-refractivity contribution in [2.24, 2.45) is 0 Å². The summed E-state index contributed by atoms with van der Waals surface area (Å²) in [7, 11) is 5.11. The third-order valence-electron chi connectivity index (χ3n) is 2.78. The highest BCUT2D eigenvalue weighted by Crippen LogP contribution is 2.33. The van der Waals surface area contributed by atoms with Crippen LogP contribution in [0.1, 0.15) is 11.3 Å². The molecule has 23 heavy (non-hydrogen) atoms. The van der Waals surface area contributed by atoms with E-state index in [9.17, 15) is 4.39 Å². The first-order valence-corrected chi connectivity index (χ1v) is 7.01. The monoisotopic (exact) mass is 340 g/mol. The smallest absolute Gasteiger partial charge is 0.292 e. The maximum atomic E-state index is 13.8. The van der Waals surface area contributed by atoms with Crippen LogP contribution in [0.5, 0.6) is 0 Å². The normalized spacial score (nSPS) is 10.2. The fourth-order valence-corrected chi connectivity index (χ4v) is 1.93. The van der Waals surface area contributed by atoms with Crippen molar-refractivity contribution in [3.63, 3.8) is 0 Å². The van der Waals surface area contributed by atoms with Gasteiger partial charge < -0.3 is 14.2 Å². The van der Waals surface area contributed by atoms with Gasteiger partial charge in [-0.1, -0.05) is 22.8 Å². The van der Waals surface area contributed by atoms with Crippen molar-refractivity contribution < 1.29 is 18.4 Å². The van der Waals surface area contributed by atoms with Crippen LogP contribution in [0, 0.1) is 12.7 Å². The Hall–Kier alpha value is -2.34. The number of ether oxygens (including phenoxy) is 1. The minimum absolute atomic E-state index is 0.273. The molecule has 0 amide bonds. The quantitative estimate of drug-likeness (QED) is 0.793. The summed E-state index contributed by atoms with van der Waals surface area (Å²) in [5, 5.41) is 4.24. The van der Waals surface area contributed by atoms with Crippen LogP contribution in [0.2, 0.25) is 5.02 Å². The molecule has 0 N–H and O–H groups in total. The van der Waals surface area contributed by atoms with E-state index in [0.29, 0.717) is 22.9 Å². The van der Waals surface area contributed by atoms with Crippen LogP contribution in [0.25, 0.3) is 17.3 Å². The minimum Gasteiger partial charge on any atom is -0.471 e. The highest BCUT2D eigenvalue weighted by atomic mass is 35.5. The Kier molecular flexibility index (Phi) is 7.28. The van der Waals surface area contributed by atoms with Gasteiger partial charge in [0.1, 0.15) is 11.5 Å². The first kappa shape index (κ1) is 18.7. The zero-order chi connectivity index (χ0) is 17.4. The molecule has 0 radical (unpaired) electrons. The second-order valence-corrected chi connectivity index (χ2v) is 5.14. The molecule has 2 rings (SSSR count). The van der Waals surface area contributed by atoms with Gasteiger partial charge in [-0.2, -0.15) is 0 Å². The van der Waals surface area contributed by atoms with Gasteiger partial charge in [-0.15, -0.1) is 0 Å². The Balaban J connectivity index is 0.000000593. The fourth-order valence-electron chi connectivity index (χ4n) is 1.68. The molecule has 0 spiro atoms. The highest BCUT2D eigenvalue weighted by Gasteiger charge is 2.18. The van der Waals surface area contributed by atoms with Gasteiger partial charge >= 0.3 is 0 Å². The van der Waals surface area contributed by atoms with E-state index in [2.05, 4.69) is 9.89 Å². The number of hydrogen-bond donors (Lipinski definition) is 0. The molecule has 0 saturated heterocycles. The summed E-state index contributed by atoms with van der Waals surface area (Å²) in [6.07, 6.45) is 3.61. The molecule has 0 fully saturated rings. The third-order valence-corrected chi connectivity index (χ3v) is 3.09. The molecule has 0 aliphatic carbocycles. The molecule has 0 saturated carbocycles. The van der Waals surface area contributed by atoms with E-state index in [1.807, 2.05) is 32.1 Å². The van der Waals surface area contributed by atoms with E-state index in [0.717, 1.165) is 5.56 Å². The van der Waals surface area contributed by atoms with Crippen molar-refractivity contribution in [3.8, 4) is 11.3 Å². The Labute approximate surface area is 139 Å². The van der Waals surface area contributed by atoms with Crippen molar-refractivity contribution in [2.45, 2.75) is 6.92 Å².